The minimum Gasteiger partial charge on any atom is -0.488 e. The van der Waals surface area contributed by atoms with Crippen molar-refractivity contribution in [2.75, 3.05) is 36.8 Å². The lowest BCUT2D eigenvalue weighted by atomic mass is 10.1. The van der Waals surface area contributed by atoms with Crippen LogP contribution in [0.15, 0.2) is 30.6 Å². The normalized spacial score (nSPS) is 21.5. The molecule has 0 atom stereocenters. The van der Waals surface area contributed by atoms with E-state index in [1.54, 1.807) is 6.33 Å². The molecule has 3 fully saturated rings. The molecule has 5 rings (SSSR count). The topological polar surface area (TPSA) is 67.5 Å². The van der Waals surface area contributed by atoms with E-state index in [1.807, 2.05) is 12.1 Å². The van der Waals surface area contributed by atoms with E-state index < -0.39 is 0 Å². The first-order chi connectivity index (χ1) is 13.6. The number of piperazine rings is 1. The van der Waals surface area contributed by atoms with Gasteiger partial charge in [-0.1, -0.05) is 0 Å². The van der Waals surface area contributed by atoms with Gasteiger partial charge in [-0.3, -0.25) is 4.90 Å². The Morgan fingerprint density at radius 1 is 1.11 bits per heavy atom. The minimum absolute atomic E-state index is 0.0120. The summed E-state index contributed by atoms with van der Waals surface area (Å²) in [5, 5.41) is 0. The lowest BCUT2D eigenvalue weighted by Gasteiger charge is -2.35. The van der Waals surface area contributed by atoms with Gasteiger partial charge < -0.3 is 15.4 Å². The lowest BCUT2D eigenvalue weighted by Crippen LogP contribution is -2.47. The first-order valence-electron chi connectivity index (χ1n) is 10.5. The molecular formula is C22H29N5O. The Balaban J connectivity index is 1.28. The van der Waals surface area contributed by atoms with Gasteiger partial charge in [-0.2, -0.15) is 0 Å². The highest BCUT2D eigenvalue weighted by Crippen LogP contribution is 2.40. The van der Waals surface area contributed by atoms with Crippen LogP contribution in [0.25, 0.3) is 0 Å². The highest BCUT2D eigenvalue weighted by molar-refractivity contribution is 5.52. The molecule has 0 unspecified atom stereocenters. The molecule has 1 aliphatic heterocycles. The maximum atomic E-state index is 6.23. The Hall–Kier alpha value is -2.34. The van der Waals surface area contributed by atoms with Gasteiger partial charge in [0.1, 0.15) is 23.5 Å². The Bertz CT molecular complexity index is 854. The molecule has 0 bridgehead atoms. The Labute approximate surface area is 166 Å². The quantitative estimate of drug-likeness (QED) is 0.779. The van der Waals surface area contributed by atoms with Crippen LogP contribution in [0.2, 0.25) is 0 Å². The van der Waals surface area contributed by atoms with Crippen LogP contribution >= 0.6 is 0 Å². The number of ether oxygens (including phenoxy) is 1. The third-order valence-electron chi connectivity index (χ3n) is 6.22. The number of benzene rings is 1. The second-order valence-electron chi connectivity index (χ2n) is 8.71. The van der Waals surface area contributed by atoms with Crippen LogP contribution in [0, 0.1) is 0 Å². The number of aromatic nitrogens is 2. The number of nitrogens with two attached hydrogens (primary N) is 1. The molecule has 1 aromatic carbocycles. The summed E-state index contributed by atoms with van der Waals surface area (Å²) in [6.07, 6.45) is 7.37. The molecule has 1 aromatic heterocycles. The zero-order chi connectivity index (χ0) is 19.1. The molecule has 6 heteroatoms. The fourth-order valence-electron chi connectivity index (χ4n) is 3.97. The van der Waals surface area contributed by atoms with Crippen molar-refractivity contribution in [3.05, 3.63) is 41.9 Å². The summed E-state index contributed by atoms with van der Waals surface area (Å²) in [5.74, 6) is 1.92. The molecule has 6 nitrogen and oxygen atoms in total. The molecule has 1 saturated heterocycles. The number of anilines is 2. The fraction of sp³-hybridized carbons (Fsp3) is 0.545. The van der Waals surface area contributed by atoms with Gasteiger partial charge in [0.2, 0.25) is 0 Å². The largest absolute Gasteiger partial charge is 0.488 e. The molecular weight excluding hydrogens is 350 g/mol. The van der Waals surface area contributed by atoms with Gasteiger partial charge in [0.05, 0.1) is 5.69 Å². The zero-order valence-electron chi connectivity index (χ0n) is 16.6. The number of nitrogens with zero attached hydrogens (tertiary/aromatic N) is 4. The van der Waals surface area contributed by atoms with Gasteiger partial charge in [-0.05, 0) is 56.4 Å². The van der Waals surface area contributed by atoms with E-state index in [0.29, 0.717) is 6.42 Å². The number of hydrogen-bond donors (Lipinski definition) is 1. The first-order valence-corrected chi connectivity index (χ1v) is 10.5. The van der Waals surface area contributed by atoms with E-state index in [1.165, 1.54) is 12.8 Å². The van der Waals surface area contributed by atoms with E-state index in [2.05, 4.69) is 38.8 Å². The van der Waals surface area contributed by atoms with Gasteiger partial charge in [0.25, 0.3) is 0 Å². The first kappa shape index (κ1) is 17.7. The molecule has 2 aromatic rings. The van der Waals surface area contributed by atoms with Gasteiger partial charge in [-0.25, -0.2) is 9.97 Å². The lowest BCUT2D eigenvalue weighted by molar-refractivity contribution is 0.200. The van der Waals surface area contributed by atoms with Crippen molar-refractivity contribution < 1.29 is 4.74 Å². The van der Waals surface area contributed by atoms with Crippen LogP contribution in [-0.4, -0.2) is 52.7 Å². The monoisotopic (exact) mass is 379 g/mol. The van der Waals surface area contributed by atoms with Crippen LogP contribution in [0.5, 0.6) is 5.75 Å². The molecule has 148 valence electrons. The number of hydrogen-bond acceptors (Lipinski definition) is 6. The zero-order valence-corrected chi connectivity index (χ0v) is 16.6. The van der Waals surface area contributed by atoms with Crippen LogP contribution in [0.4, 0.5) is 11.5 Å². The fourth-order valence-corrected chi connectivity index (χ4v) is 3.97. The van der Waals surface area contributed by atoms with Gasteiger partial charge in [-0.15, -0.1) is 0 Å². The summed E-state index contributed by atoms with van der Waals surface area (Å²) >= 11 is 0. The Morgan fingerprint density at radius 3 is 2.61 bits per heavy atom. The van der Waals surface area contributed by atoms with Crippen molar-refractivity contribution in [2.45, 2.75) is 50.7 Å². The molecule has 2 heterocycles. The third kappa shape index (κ3) is 3.92. The SMILES string of the molecule is CC1(Oc2ccc(N)c(Cc3cc(N4CCN(C5CC5)CC4)ncn3)c2)CC1. The van der Waals surface area contributed by atoms with E-state index in [4.69, 9.17) is 10.5 Å². The maximum absolute atomic E-state index is 6.23. The standard InChI is InChI=1S/C22H29N5O/c1-22(6-7-22)28-19-4-5-20(23)16(13-19)12-17-14-21(25-15-24-17)27-10-8-26(9-11-27)18-2-3-18/h4-5,13-15,18H,2-3,6-12,23H2,1H3. The predicted octanol–water partition coefficient (Wildman–Crippen LogP) is 2.87. The molecule has 2 saturated carbocycles. The van der Waals surface area contributed by atoms with E-state index in [9.17, 15) is 0 Å². The predicted molar refractivity (Wildman–Crippen MR) is 111 cm³/mol. The number of rotatable bonds is 6. The van der Waals surface area contributed by atoms with Crippen LogP contribution in [-0.2, 0) is 6.42 Å². The Kier molecular flexibility index (Phi) is 4.38. The van der Waals surface area contributed by atoms with Crippen LogP contribution in [0.1, 0.15) is 43.9 Å². The molecule has 0 amide bonds. The second kappa shape index (κ2) is 6.92. The molecule has 28 heavy (non-hydrogen) atoms. The molecule has 0 radical (unpaired) electrons. The Morgan fingerprint density at radius 2 is 1.89 bits per heavy atom. The summed E-state index contributed by atoms with van der Waals surface area (Å²) in [5.41, 5.74) is 9.08. The van der Waals surface area contributed by atoms with Gasteiger partial charge in [0, 0.05) is 50.4 Å². The maximum Gasteiger partial charge on any atom is 0.132 e. The molecule has 2 N–H and O–H groups in total. The average molecular weight is 380 g/mol. The third-order valence-corrected chi connectivity index (χ3v) is 6.22. The average Bonchev–Trinajstić information content (AvgIpc) is 3.63. The van der Waals surface area contributed by atoms with Crippen molar-refractivity contribution in [2.24, 2.45) is 0 Å². The van der Waals surface area contributed by atoms with Crippen molar-refractivity contribution in [1.82, 2.24) is 14.9 Å². The highest BCUT2D eigenvalue weighted by atomic mass is 16.5. The summed E-state index contributed by atoms with van der Waals surface area (Å²) in [6.45, 7) is 6.50. The van der Waals surface area contributed by atoms with Crippen LogP contribution in [0.3, 0.4) is 0 Å². The number of nitrogen functional groups attached to an aromatic ring is 1. The van der Waals surface area contributed by atoms with Gasteiger partial charge in [0.15, 0.2) is 0 Å². The summed E-state index contributed by atoms with van der Waals surface area (Å²) < 4.78 is 6.10. The molecule has 2 aliphatic carbocycles. The van der Waals surface area contributed by atoms with Gasteiger partial charge >= 0.3 is 0 Å². The second-order valence-corrected chi connectivity index (χ2v) is 8.71. The summed E-state index contributed by atoms with van der Waals surface area (Å²) in [7, 11) is 0. The van der Waals surface area contributed by atoms with E-state index in [0.717, 1.165) is 73.6 Å². The highest BCUT2D eigenvalue weighted by Gasteiger charge is 2.40. The van der Waals surface area contributed by atoms with E-state index >= 15 is 0 Å². The van der Waals surface area contributed by atoms with Crippen molar-refractivity contribution >= 4 is 11.5 Å². The molecule has 3 aliphatic rings. The summed E-state index contributed by atoms with van der Waals surface area (Å²) in [6, 6.07) is 8.93. The molecule has 0 spiro atoms. The van der Waals surface area contributed by atoms with Crippen molar-refractivity contribution in [3.8, 4) is 5.75 Å². The van der Waals surface area contributed by atoms with Crippen molar-refractivity contribution in [1.29, 1.82) is 0 Å². The minimum atomic E-state index is 0.0120. The summed E-state index contributed by atoms with van der Waals surface area (Å²) in [4.78, 5) is 14.0. The van der Waals surface area contributed by atoms with Crippen LogP contribution < -0.4 is 15.4 Å². The smallest absolute Gasteiger partial charge is 0.132 e. The van der Waals surface area contributed by atoms with Crippen molar-refractivity contribution in [3.63, 3.8) is 0 Å². The van der Waals surface area contributed by atoms with E-state index in [-0.39, 0.29) is 5.60 Å².